The Balaban J connectivity index is 1.62. The quantitative estimate of drug-likeness (QED) is 0.780. The third-order valence-electron chi connectivity index (χ3n) is 3.76. The highest BCUT2D eigenvalue weighted by atomic mass is 16.5. The molecule has 4 nitrogen and oxygen atoms in total. The minimum absolute atomic E-state index is 0.0838. The highest BCUT2D eigenvalue weighted by Gasteiger charge is 2.33. The molecular formula is C16H24N2O2. The molecular weight excluding hydrogens is 252 g/mol. The second-order valence-corrected chi connectivity index (χ2v) is 5.51. The van der Waals surface area contributed by atoms with Crippen LogP contribution in [0.5, 0.6) is 0 Å². The second-order valence-electron chi connectivity index (χ2n) is 5.51. The SMILES string of the molecule is C[C@]1(C(=O)NCCOCc2ccccc2)CCCCN1. The Hall–Kier alpha value is -1.39. The number of benzene rings is 1. The zero-order chi connectivity index (χ0) is 14.3. The van der Waals surface area contributed by atoms with Gasteiger partial charge in [-0.2, -0.15) is 0 Å². The van der Waals surface area contributed by atoms with Crippen LogP contribution < -0.4 is 10.6 Å². The van der Waals surface area contributed by atoms with Crippen molar-refractivity contribution < 1.29 is 9.53 Å². The molecule has 4 heteroatoms. The van der Waals surface area contributed by atoms with Crippen molar-refractivity contribution in [2.45, 2.75) is 38.3 Å². The molecule has 0 radical (unpaired) electrons. The molecule has 1 aromatic rings. The largest absolute Gasteiger partial charge is 0.375 e. The third kappa shape index (κ3) is 4.32. The van der Waals surface area contributed by atoms with Crippen LogP contribution in [0.2, 0.25) is 0 Å². The van der Waals surface area contributed by atoms with Gasteiger partial charge in [0.05, 0.1) is 18.8 Å². The number of carbonyl (C=O) groups excluding carboxylic acids is 1. The lowest BCUT2D eigenvalue weighted by atomic mass is 9.90. The lowest BCUT2D eigenvalue weighted by molar-refractivity contribution is -0.128. The Labute approximate surface area is 120 Å². The summed E-state index contributed by atoms with van der Waals surface area (Å²) >= 11 is 0. The summed E-state index contributed by atoms with van der Waals surface area (Å²) in [6, 6.07) is 10.0. The van der Waals surface area contributed by atoms with Gasteiger partial charge >= 0.3 is 0 Å². The van der Waals surface area contributed by atoms with Gasteiger partial charge in [-0.15, -0.1) is 0 Å². The van der Waals surface area contributed by atoms with Gasteiger partial charge in [0.2, 0.25) is 5.91 Å². The second kappa shape index (κ2) is 7.41. The fourth-order valence-corrected chi connectivity index (χ4v) is 2.45. The van der Waals surface area contributed by atoms with E-state index in [9.17, 15) is 4.79 Å². The Morgan fingerprint density at radius 1 is 1.35 bits per heavy atom. The van der Waals surface area contributed by atoms with Crippen molar-refractivity contribution in [1.82, 2.24) is 10.6 Å². The summed E-state index contributed by atoms with van der Waals surface area (Å²) in [5, 5.41) is 6.26. The summed E-state index contributed by atoms with van der Waals surface area (Å²) in [6.07, 6.45) is 3.17. The summed E-state index contributed by atoms with van der Waals surface area (Å²) in [5.41, 5.74) is 0.747. The van der Waals surface area contributed by atoms with Gasteiger partial charge in [0, 0.05) is 6.54 Å². The van der Waals surface area contributed by atoms with Crippen molar-refractivity contribution in [3.63, 3.8) is 0 Å². The van der Waals surface area contributed by atoms with E-state index in [1.165, 1.54) is 0 Å². The van der Waals surface area contributed by atoms with Gasteiger partial charge in [0.25, 0.3) is 0 Å². The highest BCUT2D eigenvalue weighted by molar-refractivity contribution is 5.85. The first kappa shape index (κ1) is 15.0. The van der Waals surface area contributed by atoms with Crippen LogP contribution in [-0.4, -0.2) is 31.1 Å². The number of hydrogen-bond acceptors (Lipinski definition) is 3. The Bertz CT molecular complexity index is 414. The summed E-state index contributed by atoms with van der Waals surface area (Å²) in [6.45, 7) is 4.59. The number of amides is 1. The molecule has 110 valence electrons. The van der Waals surface area contributed by atoms with E-state index in [4.69, 9.17) is 4.74 Å². The average Bonchev–Trinajstić information content (AvgIpc) is 2.48. The van der Waals surface area contributed by atoms with Crippen molar-refractivity contribution >= 4 is 5.91 Å². The minimum atomic E-state index is -0.405. The van der Waals surface area contributed by atoms with Crippen LogP contribution in [0.25, 0.3) is 0 Å². The maximum Gasteiger partial charge on any atom is 0.240 e. The first-order valence-electron chi connectivity index (χ1n) is 7.36. The molecule has 0 aromatic heterocycles. The van der Waals surface area contributed by atoms with Crippen LogP contribution in [-0.2, 0) is 16.1 Å². The van der Waals surface area contributed by atoms with Gasteiger partial charge in [-0.05, 0) is 38.3 Å². The van der Waals surface area contributed by atoms with Crippen LogP contribution >= 0.6 is 0 Å². The average molecular weight is 276 g/mol. The predicted molar refractivity (Wildman–Crippen MR) is 79.4 cm³/mol. The molecule has 0 saturated carbocycles. The molecule has 0 unspecified atom stereocenters. The monoisotopic (exact) mass is 276 g/mol. The number of rotatable bonds is 6. The Morgan fingerprint density at radius 2 is 2.15 bits per heavy atom. The van der Waals surface area contributed by atoms with E-state index in [2.05, 4.69) is 10.6 Å². The van der Waals surface area contributed by atoms with Gasteiger partial charge in [-0.1, -0.05) is 30.3 Å². The molecule has 1 heterocycles. The lowest BCUT2D eigenvalue weighted by Crippen LogP contribution is -2.57. The smallest absolute Gasteiger partial charge is 0.240 e. The van der Waals surface area contributed by atoms with Crippen molar-refractivity contribution in [2.24, 2.45) is 0 Å². The van der Waals surface area contributed by atoms with Crippen LogP contribution in [0.3, 0.4) is 0 Å². The van der Waals surface area contributed by atoms with Crippen LogP contribution in [0.4, 0.5) is 0 Å². The predicted octanol–water partition coefficient (Wildman–Crippen LogP) is 1.85. The zero-order valence-electron chi connectivity index (χ0n) is 12.2. The first-order chi connectivity index (χ1) is 9.71. The summed E-state index contributed by atoms with van der Waals surface area (Å²) in [4.78, 5) is 12.1. The normalized spacial score (nSPS) is 22.4. The summed E-state index contributed by atoms with van der Waals surface area (Å²) in [5.74, 6) is 0.0838. The van der Waals surface area contributed by atoms with E-state index in [1.54, 1.807) is 0 Å². The van der Waals surface area contributed by atoms with E-state index in [0.717, 1.165) is 31.4 Å². The first-order valence-corrected chi connectivity index (χ1v) is 7.36. The molecule has 0 bridgehead atoms. The Kier molecular flexibility index (Phi) is 5.56. The van der Waals surface area contributed by atoms with Gasteiger partial charge < -0.3 is 15.4 Å². The van der Waals surface area contributed by atoms with E-state index in [1.807, 2.05) is 37.3 Å². The van der Waals surface area contributed by atoms with Gasteiger partial charge in [0.15, 0.2) is 0 Å². The minimum Gasteiger partial charge on any atom is -0.375 e. The van der Waals surface area contributed by atoms with Gasteiger partial charge in [0.1, 0.15) is 0 Å². The summed E-state index contributed by atoms with van der Waals surface area (Å²) < 4.78 is 5.56. The van der Waals surface area contributed by atoms with E-state index < -0.39 is 5.54 Å². The molecule has 2 N–H and O–H groups in total. The number of ether oxygens (including phenoxy) is 1. The number of nitrogens with one attached hydrogen (secondary N) is 2. The summed E-state index contributed by atoms with van der Waals surface area (Å²) in [7, 11) is 0. The van der Waals surface area contributed by atoms with Crippen molar-refractivity contribution in [2.75, 3.05) is 19.7 Å². The fourth-order valence-electron chi connectivity index (χ4n) is 2.45. The molecule has 2 rings (SSSR count). The van der Waals surface area contributed by atoms with E-state index in [-0.39, 0.29) is 5.91 Å². The van der Waals surface area contributed by atoms with Crippen molar-refractivity contribution in [1.29, 1.82) is 0 Å². The maximum atomic E-state index is 12.1. The molecule has 1 amide bonds. The topological polar surface area (TPSA) is 50.4 Å². The standard InChI is InChI=1S/C16H24N2O2/c1-16(9-5-6-10-18-16)15(19)17-11-12-20-13-14-7-3-2-4-8-14/h2-4,7-8,18H,5-6,9-13H2,1H3,(H,17,19)/t16-/m1/s1. The molecule has 1 atom stereocenters. The molecule has 1 fully saturated rings. The molecule has 1 aromatic carbocycles. The molecule has 0 aliphatic carbocycles. The maximum absolute atomic E-state index is 12.1. The molecule has 1 aliphatic rings. The third-order valence-corrected chi connectivity index (χ3v) is 3.76. The number of piperidine rings is 1. The van der Waals surface area contributed by atoms with Gasteiger partial charge in [-0.3, -0.25) is 4.79 Å². The number of carbonyl (C=O) groups is 1. The van der Waals surface area contributed by atoms with Crippen molar-refractivity contribution in [3.8, 4) is 0 Å². The van der Waals surface area contributed by atoms with Crippen LogP contribution in [0, 0.1) is 0 Å². The van der Waals surface area contributed by atoms with E-state index in [0.29, 0.717) is 19.8 Å². The van der Waals surface area contributed by atoms with E-state index >= 15 is 0 Å². The zero-order valence-corrected chi connectivity index (χ0v) is 12.2. The lowest BCUT2D eigenvalue weighted by Gasteiger charge is -2.33. The fraction of sp³-hybridized carbons (Fsp3) is 0.562. The molecule has 20 heavy (non-hydrogen) atoms. The van der Waals surface area contributed by atoms with Crippen LogP contribution in [0.15, 0.2) is 30.3 Å². The molecule has 1 saturated heterocycles. The van der Waals surface area contributed by atoms with Gasteiger partial charge in [-0.25, -0.2) is 0 Å². The molecule has 0 spiro atoms. The number of hydrogen-bond donors (Lipinski definition) is 2. The van der Waals surface area contributed by atoms with Crippen molar-refractivity contribution in [3.05, 3.63) is 35.9 Å². The molecule has 1 aliphatic heterocycles. The van der Waals surface area contributed by atoms with Crippen LogP contribution in [0.1, 0.15) is 31.7 Å². The highest BCUT2D eigenvalue weighted by Crippen LogP contribution is 2.18. The Morgan fingerprint density at radius 3 is 2.85 bits per heavy atom.